The normalized spacial score (nSPS) is 11.6. The van der Waals surface area contributed by atoms with Crippen LogP contribution >= 0.6 is 11.3 Å². The Hall–Kier alpha value is -2.09. The number of nitrogens with one attached hydrogen (secondary N) is 2. The minimum atomic E-state index is -1.44. The summed E-state index contributed by atoms with van der Waals surface area (Å²) < 4.78 is 0. The first-order chi connectivity index (χ1) is 8.49. The molecule has 0 aromatic carbocycles. The van der Waals surface area contributed by atoms with Gasteiger partial charge in [-0.25, -0.2) is 9.59 Å². The highest BCUT2D eigenvalue weighted by atomic mass is 32.1. The number of hydrogen-bond acceptors (Lipinski definition) is 4. The number of amides is 2. The fourth-order valence-corrected chi connectivity index (χ4v) is 1.83. The summed E-state index contributed by atoms with van der Waals surface area (Å²) in [6.45, 7) is 0.259. The second-order valence-corrected chi connectivity index (χ2v) is 4.23. The van der Waals surface area contributed by atoms with Crippen molar-refractivity contribution in [3.63, 3.8) is 0 Å². The third-order valence-corrected chi connectivity index (χ3v) is 2.75. The molecule has 0 spiro atoms. The Bertz CT molecular complexity index is 431. The fraction of sp³-hybridized carbons (Fsp3) is 0.300. The number of rotatable bonds is 6. The fourth-order valence-electron chi connectivity index (χ4n) is 1.16. The van der Waals surface area contributed by atoms with Gasteiger partial charge in [0.1, 0.15) is 6.04 Å². The van der Waals surface area contributed by atoms with Crippen molar-refractivity contribution >= 4 is 29.3 Å². The van der Waals surface area contributed by atoms with E-state index >= 15 is 0 Å². The van der Waals surface area contributed by atoms with Gasteiger partial charge in [-0.3, -0.25) is 4.79 Å². The second kappa shape index (κ2) is 6.60. The molecule has 4 N–H and O–H groups in total. The number of hydrogen-bond donors (Lipinski definition) is 4. The van der Waals surface area contributed by atoms with Crippen molar-refractivity contribution in [2.45, 2.75) is 19.0 Å². The standard InChI is InChI=1S/C10H12N2O5S/c13-8(14)3-7(9(15)16)12-10(17)11-4-6-1-2-18-5-6/h1-2,5,7H,3-4H2,(H,13,14)(H,15,16)(H2,11,12,17)/t7-/m1/s1. The molecule has 0 aliphatic carbocycles. The summed E-state index contributed by atoms with van der Waals surface area (Å²) in [6, 6.07) is -0.337. The third kappa shape index (κ3) is 4.83. The lowest BCUT2D eigenvalue weighted by Gasteiger charge is -2.12. The average molecular weight is 272 g/mol. The number of carboxylic acid groups (broad SMARTS) is 2. The highest BCUT2D eigenvalue weighted by molar-refractivity contribution is 7.07. The monoisotopic (exact) mass is 272 g/mol. The molecule has 7 nitrogen and oxygen atoms in total. The number of aliphatic carboxylic acids is 2. The first-order valence-electron chi connectivity index (χ1n) is 4.99. The molecule has 8 heteroatoms. The number of carbonyl (C=O) groups is 3. The molecule has 1 aromatic heterocycles. The Morgan fingerprint density at radius 1 is 1.33 bits per heavy atom. The molecule has 0 radical (unpaired) electrons. The van der Waals surface area contributed by atoms with Crippen molar-refractivity contribution in [2.24, 2.45) is 0 Å². The third-order valence-electron chi connectivity index (χ3n) is 2.02. The molecule has 0 saturated heterocycles. The Morgan fingerprint density at radius 3 is 2.56 bits per heavy atom. The van der Waals surface area contributed by atoms with E-state index in [9.17, 15) is 14.4 Å². The van der Waals surface area contributed by atoms with Crippen molar-refractivity contribution in [3.05, 3.63) is 22.4 Å². The summed E-state index contributed by atoms with van der Waals surface area (Å²) in [5, 5.41) is 25.4. The van der Waals surface area contributed by atoms with E-state index in [1.807, 2.05) is 16.8 Å². The van der Waals surface area contributed by atoms with Gasteiger partial charge in [-0.2, -0.15) is 11.3 Å². The molecule has 98 valence electrons. The van der Waals surface area contributed by atoms with Gasteiger partial charge >= 0.3 is 18.0 Å². The van der Waals surface area contributed by atoms with Gasteiger partial charge in [0.15, 0.2) is 0 Å². The number of carboxylic acids is 2. The van der Waals surface area contributed by atoms with Crippen LogP contribution in [0.1, 0.15) is 12.0 Å². The molecule has 0 unspecified atom stereocenters. The Morgan fingerprint density at radius 2 is 2.06 bits per heavy atom. The van der Waals surface area contributed by atoms with Gasteiger partial charge in [-0.05, 0) is 22.4 Å². The summed E-state index contributed by atoms with van der Waals surface area (Å²) >= 11 is 1.47. The maximum atomic E-state index is 11.4. The molecule has 0 fully saturated rings. The Kier molecular flexibility index (Phi) is 5.12. The predicted octanol–water partition coefficient (Wildman–Crippen LogP) is 0.475. The van der Waals surface area contributed by atoms with Gasteiger partial charge in [0, 0.05) is 6.54 Å². The van der Waals surface area contributed by atoms with Crippen LogP contribution in [0.5, 0.6) is 0 Å². The van der Waals surface area contributed by atoms with E-state index in [-0.39, 0.29) is 6.54 Å². The van der Waals surface area contributed by atoms with Gasteiger partial charge in [-0.1, -0.05) is 0 Å². The van der Waals surface area contributed by atoms with Gasteiger partial charge in [-0.15, -0.1) is 0 Å². The largest absolute Gasteiger partial charge is 0.481 e. The highest BCUT2D eigenvalue weighted by Gasteiger charge is 2.22. The van der Waals surface area contributed by atoms with Gasteiger partial charge in [0.25, 0.3) is 0 Å². The van der Waals surface area contributed by atoms with Crippen LogP contribution in [-0.2, 0) is 16.1 Å². The molecule has 0 aliphatic heterocycles. The number of carbonyl (C=O) groups excluding carboxylic acids is 1. The van der Waals surface area contributed by atoms with Crippen LogP contribution in [0, 0.1) is 0 Å². The van der Waals surface area contributed by atoms with E-state index in [0.29, 0.717) is 0 Å². The van der Waals surface area contributed by atoms with E-state index in [2.05, 4.69) is 10.6 Å². The molecule has 2 amide bonds. The lowest BCUT2D eigenvalue weighted by Crippen LogP contribution is -2.46. The van der Waals surface area contributed by atoms with Crippen molar-refractivity contribution in [1.82, 2.24) is 10.6 Å². The maximum absolute atomic E-state index is 11.4. The van der Waals surface area contributed by atoms with E-state index in [1.165, 1.54) is 11.3 Å². The SMILES string of the molecule is O=C(O)C[C@@H](NC(=O)NCc1ccsc1)C(=O)O. The van der Waals surface area contributed by atoms with Crippen LogP contribution in [0.4, 0.5) is 4.79 Å². The van der Waals surface area contributed by atoms with Gasteiger partial charge < -0.3 is 20.8 Å². The van der Waals surface area contributed by atoms with Crippen molar-refractivity contribution in [1.29, 1.82) is 0 Å². The molecular weight excluding hydrogens is 260 g/mol. The molecule has 1 aromatic rings. The van der Waals surface area contributed by atoms with Crippen LogP contribution in [-0.4, -0.2) is 34.2 Å². The predicted molar refractivity (Wildman–Crippen MR) is 63.4 cm³/mol. The molecule has 0 bridgehead atoms. The molecule has 1 heterocycles. The molecular formula is C10H12N2O5S. The van der Waals surface area contributed by atoms with Crippen LogP contribution < -0.4 is 10.6 Å². The van der Waals surface area contributed by atoms with E-state index in [1.54, 1.807) is 0 Å². The smallest absolute Gasteiger partial charge is 0.326 e. The Labute approximate surface area is 106 Å². The maximum Gasteiger partial charge on any atom is 0.326 e. The zero-order valence-electron chi connectivity index (χ0n) is 9.25. The average Bonchev–Trinajstić information content (AvgIpc) is 2.77. The summed E-state index contributed by atoms with van der Waals surface area (Å²) in [5.74, 6) is -2.68. The van der Waals surface area contributed by atoms with Gasteiger partial charge in [0.2, 0.25) is 0 Å². The van der Waals surface area contributed by atoms with Crippen molar-refractivity contribution < 1.29 is 24.6 Å². The van der Waals surface area contributed by atoms with Crippen LogP contribution in [0.3, 0.4) is 0 Å². The second-order valence-electron chi connectivity index (χ2n) is 3.45. The molecule has 0 saturated carbocycles. The topological polar surface area (TPSA) is 116 Å². The van der Waals surface area contributed by atoms with Crippen LogP contribution in [0.25, 0.3) is 0 Å². The highest BCUT2D eigenvalue weighted by Crippen LogP contribution is 2.04. The summed E-state index contributed by atoms with van der Waals surface area (Å²) in [4.78, 5) is 32.5. The van der Waals surface area contributed by atoms with Crippen LogP contribution in [0.2, 0.25) is 0 Å². The quantitative estimate of drug-likeness (QED) is 0.601. The molecule has 18 heavy (non-hydrogen) atoms. The lowest BCUT2D eigenvalue weighted by molar-refractivity contribution is -0.145. The van der Waals surface area contributed by atoms with E-state index in [0.717, 1.165) is 5.56 Å². The van der Waals surface area contributed by atoms with Crippen molar-refractivity contribution in [3.8, 4) is 0 Å². The summed E-state index contributed by atoms with van der Waals surface area (Å²) in [5.41, 5.74) is 0.889. The lowest BCUT2D eigenvalue weighted by atomic mass is 10.2. The number of thiophene rings is 1. The first kappa shape index (κ1) is 14.0. The molecule has 1 atom stereocenters. The summed E-state index contributed by atoms with van der Waals surface area (Å²) in [6.07, 6.45) is -0.665. The Balaban J connectivity index is 2.41. The van der Waals surface area contributed by atoms with Crippen LogP contribution in [0.15, 0.2) is 16.8 Å². The van der Waals surface area contributed by atoms with Crippen molar-refractivity contribution in [2.75, 3.05) is 0 Å². The van der Waals surface area contributed by atoms with Gasteiger partial charge in [0.05, 0.1) is 6.42 Å². The zero-order chi connectivity index (χ0) is 13.5. The minimum absolute atomic E-state index is 0.259. The number of urea groups is 1. The first-order valence-corrected chi connectivity index (χ1v) is 5.93. The minimum Gasteiger partial charge on any atom is -0.481 e. The van der Waals surface area contributed by atoms with E-state index in [4.69, 9.17) is 10.2 Å². The molecule has 0 aliphatic rings. The zero-order valence-corrected chi connectivity index (χ0v) is 10.1. The summed E-state index contributed by atoms with van der Waals surface area (Å²) in [7, 11) is 0. The van der Waals surface area contributed by atoms with E-state index < -0.39 is 30.4 Å². The molecule has 1 rings (SSSR count).